The molecule has 3 heterocycles. The Morgan fingerprint density at radius 1 is 0.441 bits per heavy atom. The highest BCUT2D eigenvalue weighted by atomic mass is 16.7. The Balaban J connectivity index is 1.58. The predicted octanol–water partition coefficient (Wildman–Crippen LogP) is -7.57. The Bertz CT molecular complexity index is 639. The molecule has 0 aromatic rings. The number of aliphatic hydroxyl groups excluding tert-OH is 11. The standard InChI is InChI=1S/C18H32O16/c19-1-4-7(20)11(24)14(27)17(33-4)31-3-6-9(22)12(25)15(28)18(34-6)30-2-5-8(21)10(23)13(26)16(29)32-5/h4-29H,1-3H2/t4-,5-,6?,7-,8-,9-,10+,11+,12+,13-,14-,15-,16?,17-,18-/m1/s1. The van der Waals surface area contributed by atoms with Crippen molar-refractivity contribution in [2.24, 2.45) is 0 Å². The van der Waals surface area contributed by atoms with Crippen molar-refractivity contribution in [3.63, 3.8) is 0 Å². The zero-order valence-electron chi connectivity index (χ0n) is 17.7. The van der Waals surface area contributed by atoms with Crippen molar-refractivity contribution in [3.8, 4) is 0 Å². The van der Waals surface area contributed by atoms with Crippen LogP contribution in [0, 0.1) is 0 Å². The van der Waals surface area contributed by atoms with Gasteiger partial charge in [0.15, 0.2) is 18.9 Å². The molecule has 11 N–H and O–H groups in total. The lowest BCUT2D eigenvalue weighted by atomic mass is 9.98. The zero-order valence-corrected chi connectivity index (χ0v) is 17.7. The van der Waals surface area contributed by atoms with Crippen molar-refractivity contribution in [2.75, 3.05) is 19.8 Å². The van der Waals surface area contributed by atoms with E-state index in [0.29, 0.717) is 0 Å². The summed E-state index contributed by atoms with van der Waals surface area (Å²) in [6, 6.07) is 0. The van der Waals surface area contributed by atoms with E-state index in [1.54, 1.807) is 0 Å². The van der Waals surface area contributed by atoms with Crippen LogP contribution in [0.2, 0.25) is 0 Å². The van der Waals surface area contributed by atoms with E-state index in [1.807, 2.05) is 0 Å². The highest BCUT2D eigenvalue weighted by Crippen LogP contribution is 2.27. The maximum Gasteiger partial charge on any atom is 0.186 e. The fraction of sp³-hybridized carbons (Fsp3) is 1.00. The van der Waals surface area contributed by atoms with Crippen LogP contribution in [0.5, 0.6) is 0 Å². The molecule has 0 bridgehead atoms. The number of aliphatic hydroxyl groups is 11. The van der Waals surface area contributed by atoms with Gasteiger partial charge < -0.3 is 79.9 Å². The van der Waals surface area contributed by atoms with Gasteiger partial charge in [-0.25, -0.2) is 0 Å². The molecule has 2 unspecified atom stereocenters. The Labute approximate surface area is 192 Å². The van der Waals surface area contributed by atoms with Crippen molar-refractivity contribution < 1.29 is 79.9 Å². The molecule has 3 fully saturated rings. The van der Waals surface area contributed by atoms with Crippen LogP contribution < -0.4 is 0 Å². The maximum atomic E-state index is 10.2. The Kier molecular flexibility index (Phi) is 9.54. The second-order valence-corrected chi connectivity index (χ2v) is 8.42. The molecule has 3 saturated heterocycles. The summed E-state index contributed by atoms with van der Waals surface area (Å²) < 4.78 is 26.1. The van der Waals surface area contributed by atoms with Gasteiger partial charge in [0.25, 0.3) is 0 Å². The highest BCUT2D eigenvalue weighted by Gasteiger charge is 2.48. The van der Waals surface area contributed by atoms with Crippen LogP contribution >= 0.6 is 0 Å². The first-order chi connectivity index (χ1) is 16.0. The second-order valence-electron chi connectivity index (χ2n) is 8.42. The Hall–Kier alpha value is -0.640. The van der Waals surface area contributed by atoms with E-state index < -0.39 is 112 Å². The molecule has 0 amide bonds. The van der Waals surface area contributed by atoms with Gasteiger partial charge in [-0.2, -0.15) is 0 Å². The van der Waals surface area contributed by atoms with Crippen LogP contribution in [-0.4, -0.2) is 168 Å². The van der Waals surface area contributed by atoms with Gasteiger partial charge in [0.2, 0.25) is 0 Å². The third kappa shape index (κ3) is 5.68. The SMILES string of the molecule is OC[C@H]1O[C@@H](OCC2O[C@@H](OC[C@H]3OC(O)[C@H](O)[C@@H](O)[C@@H]3O)[C@H](O)[C@@H](O)[C@@H]2O)[C@H](O)[C@@H](O)[C@@H]1O. The van der Waals surface area contributed by atoms with E-state index in [0.717, 1.165) is 0 Å². The van der Waals surface area contributed by atoms with E-state index in [4.69, 9.17) is 23.7 Å². The van der Waals surface area contributed by atoms with Gasteiger partial charge in [-0.1, -0.05) is 0 Å². The molecule has 0 radical (unpaired) electrons. The van der Waals surface area contributed by atoms with E-state index in [9.17, 15) is 56.2 Å². The van der Waals surface area contributed by atoms with E-state index in [-0.39, 0.29) is 0 Å². The minimum Gasteiger partial charge on any atom is -0.394 e. The molecule has 0 spiro atoms. The summed E-state index contributed by atoms with van der Waals surface area (Å²) in [4.78, 5) is 0. The first kappa shape index (κ1) is 27.9. The minimum absolute atomic E-state index is 0.570. The van der Waals surface area contributed by atoms with Gasteiger partial charge >= 0.3 is 0 Å². The summed E-state index contributed by atoms with van der Waals surface area (Å²) in [7, 11) is 0. The molecule has 3 aliphatic rings. The summed E-state index contributed by atoms with van der Waals surface area (Å²) >= 11 is 0. The summed E-state index contributed by atoms with van der Waals surface area (Å²) in [6.07, 6.45) is -24.4. The number of ether oxygens (including phenoxy) is 5. The van der Waals surface area contributed by atoms with Crippen LogP contribution in [0.4, 0.5) is 0 Å². The molecule has 0 saturated carbocycles. The fourth-order valence-corrected chi connectivity index (χ4v) is 3.84. The smallest absolute Gasteiger partial charge is 0.186 e. The largest absolute Gasteiger partial charge is 0.394 e. The van der Waals surface area contributed by atoms with Gasteiger partial charge in [0, 0.05) is 0 Å². The van der Waals surface area contributed by atoms with E-state index >= 15 is 0 Å². The van der Waals surface area contributed by atoms with Crippen molar-refractivity contribution in [2.45, 2.75) is 92.1 Å². The van der Waals surface area contributed by atoms with Crippen LogP contribution in [0.3, 0.4) is 0 Å². The average molecular weight is 504 g/mol. The summed E-state index contributed by atoms with van der Waals surface area (Å²) in [5, 5.41) is 108. The lowest BCUT2D eigenvalue weighted by Gasteiger charge is -2.43. The van der Waals surface area contributed by atoms with Crippen molar-refractivity contribution in [1.29, 1.82) is 0 Å². The monoisotopic (exact) mass is 504 g/mol. The first-order valence-corrected chi connectivity index (χ1v) is 10.6. The molecule has 0 aliphatic carbocycles. The molecule has 0 aromatic carbocycles. The quantitative estimate of drug-likeness (QED) is 0.154. The summed E-state index contributed by atoms with van der Waals surface area (Å²) in [5.41, 5.74) is 0. The highest BCUT2D eigenvalue weighted by molar-refractivity contribution is 4.92. The number of hydrogen-bond acceptors (Lipinski definition) is 16. The topological polar surface area (TPSA) is 269 Å². The lowest BCUT2D eigenvalue weighted by Crippen LogP contribution is -2.62. The second kappa shape index (κ2) is 11.6. The third-order valence-corrected chi connectivity index (χ3v) is 6.05. The van der Waals surface area contributed by atoms with Gasteiger partial charge in [-0.3, -0.25) is 0 Å². The predicted molar refractivity (Wildman–Crippen MR) is 101 cm³/mol. The molecular weight excluding hydrogens is 472 g/mol. The third-order valence-electron chi connectivity index (χ3n) is 6.05. The van der Waals surface area contributed by atoms with E-state index in [1.165, 1.54) is 0 Å². The first-order valence-electron chi connectivity index (χ1n) is 10.6. The van der Waals surface area contributed by atoms with Gasteiger partial charge in [-0.15, -0.1) is 0 Å². The van der Waals surface area contributed by atoms with Gasteiger partial charge in [-0.05, 0) is 0 Å². The van der Waals surface area contributed by atoms with Crippen LogP contribution in [0.15, 0.2) is 0 Å². The van der Waals surface area contributed by atoms with Crippen LogP contribution in [-0.2, 0) is 23.7 Å². The molecular formula is C18H32O16. The molecule has 3 aliphatic heterocycles. The van der Waals surface area contributed by atoms with Gasteiger partial charge in [0.05, 0.1) is 19.8 Å². The van der Waals surface area contributed by atoms with Crippen LogP contribution in [0.25, 0.3) is 0 Å². The lowest BCUT2D eigenvalue weighted by molar-refractivity contribution is -0.340. The fourth-order valence-electron chi connectivity index (χ4n) is 3.84. The molecule has 34 heavy (non-hydrogen) atoms. The maximum absolute atomic E-state index is 10.2. The number of rotatable bonds is 7. The molecule has 15 atom stereocenters. The zero-order chi connectivity index (χ0) is 25.3. The molecule has 0 aromatic heterocycles. The van der Waals surface area contributed by atoms with Crippen LogP contribution in [0.1, 0.15) is 0 Å². The summed E-state index contributed by atoms with van der Waals surface area (Å²) in [5.74, 6) is 0. The molecule has 3 rings (SSSR count). The molecule has 16 heteroatoms. The van der Waals surface area contributed by atoms with Crippen molar-refractivity contribution >= 4 is 0 Å². The average Bonchev–Trinajstić information content (AvgIpc) is 2.82. The Morgan fingerprint density at radius 3 is 1.29 bits per heavy atom. The van der Waals surface area contributed by atoms with Crippen molar-refractivity contribution in [1.82, 2.24) is 0 Å². The van der Waals surface area contributed by atoms with Gasteiger partial charge in [0.1, 0.15) is 73.2 Å². The van der Waals surface area contributed by atoms with Crippen molar-refractivity contribution in [3.05, 3.63) is 0 Å². The molecule has 16 nitrogen and oxygen atoms in total. The summed E-state index contributed by atoms with van der Waals surface area (Å²) in [6.45, 7) is -1.84. The number of hydrogen-bond donors (Lipinski definition) is 11. The molecule has 200 valence electrons. The van der Waals surface area contributed by atoms with E-state index in [2.05, 4.69) is 0 Å². The minimum atomic E-state index is -1.82. The normalized spacial score (nSPS) is 52.5. The Morgan fingerprint density at radius 2 is 0.824 bits per heavy atom.